The van der Waals surface area contributed by atoms with E-state index in [1.54, 1.807) is 17.8 Å². The Bertz CT molecular complexity index is 733. The number of halogens is 3. The molecule has 18 heavy (non-hydrogen) atoms. The van der Waals surface area contributed by atoms with Crippen molar-refractivity contribution in [2.45, 2.75) is 0 Å². The second-order valence-corrected chi connectivity index (χ2v) is 5.65. The van der Waals surface area contributed by atoms with Gasteiger partial charge in [-0.2, -0.15) is 0 Å². The van der Waals surface area contributed by atoms with Crippen LogP contribution in [0.1, 0.15) is 0 Å². The van der Waals surface area contributed by atoms with Crippen molar-refractivity contribution in [3.05, 3.63) is 39.3 Å². The number of benzene rings is 1. The molecule has 1 aromatic carbocycles. The molecule has 0 saturated heterocycles. The van der Waals surface area contributed by atoms with E-state index in [2.05, 4.69) is 30.9 Å². The van der Waals surface area contributed by atoms with Crippen LogP contribution in [0.5, 0.6) is 0 Å². The van der Waals surface area contributed by atoms with Gasteiger partial charge >= 0.3 is 0 Å². The second kappa shape index (κ2) is 4.53. The van der Waals surface area contributed by atoms with Gasteiger partial charge in [-0.05, 0) is 12.1 Å². The molecule has 0 aliphatic carbocycles. The molecule has 2 heterocycles. The molecule has 0 radical (unpaired) electrons. The molecule has 0 atom stereocenters. The standard InChI is InChI=1S/C11H4BrClFN3S/c12-5-1-6-9(7(14)2-5)16-11(17-10(6)13)8-3-15-4-18-8/h1-4H. The first-order valence-corrected chi connectivity index (χ1v) is 6.91. The third-order valence-electron chi connectivity index (χ3n) is 2.32. The molecule has 2 aromatic heterocycles. The van der Waals surface area contributed by atoms with E-state index in [1.807, 2.05) is 0 Å². The van der Waals surface area contributed by atoms with Crippen molar-refractivity contribution in [1.82, 2.24) is 15.0 Å². The Morgan fingerprint density at radius 3 is 2.83 bits per heavy atom. The summed E-state index contributed by atoms with van der Waals surface area (Å²) in [6.07, 6.45) is 1.62. The van der Waals surface area contributed by atoms with Gasteiger partial charge in [0.05, 0.1) is 10.4 Å². The van der Waals surface area contributed by atoms with Gasteiger partial charge in [-0.25, -0.2) is 14.4 Å². The quantitative estimate of drug-likeness (QED) is 0.618. The fraction of sp³-hybridized carbons (Fsp3) is 0. The second-order valence-electron chi connectivity index (χ2n) is 3.49. The SMILES string of the molecule is Fc1cc(Br)cc2c(Cl)nc(-c3cncs3)nc12. The fourth-order valence-corrected chi connectivity index (χ4v) is 2.77. The maximum Gasteiger partial charge on any atom is 0.173 e. The summed E-state index contributed by atoms with van der Waals surface area (Å²) >= 11 is 10.7. The first-order chi connectivity index (χ1) is 8.65. The van der Waals surface area contributed by atoms with Gasteiger partial charge in [-0.3, -0.25) is 4.98 Å². The summed E-state index contributed by atoms with van der Waals surface area (Å²) < 4.78 is 14.5. The van der Waals surface area contributed by atoms with Crippen LogP contribution in [0.25, 0.3) is 21.6 Å². The molecule has 0 saturated carbocycles. The summed E-state index contributed by atoms with van der Waals surface area (Å²) in [6, 6.07) is 3.04. The van der Waals surface area contributed by atoms with Gasteiger partial charge < -0.3 is 0 Å². The molecule has 3 aromatic rings. The first-order valence-electron chi connectivity index (χ1n) is 4.86. The predicted octanol–water partition coefficient (Wildman–Crippen LogP) is 4.31. The highest BCUT2D eigenvalue weighted by atomic mass is 79.9. The maximum absolute atomic E-state index is 13.9. The Hall–Kier alpha value is -1.11. The summed E-state index contributed by atoms with van der Waals surface area (Å²) in [5, 5.41) is 0.709. The Labute approximate surface area is 119 Å². The Balaban J connectivity index is 2.34. The third kappa shape index (κ3) is 2.00. The summed E-state index contributed by atoms with van der Waals surface area (Å²) in [7, 11) is 0. The van der Waals surface area contributed by atoms with E-state index in [-0.39, 0.29) is 10.7 Å². The Morgan fingerprint density at radius 2 is 2.11 bits per heavy atom. The molecule has 90 valence electrons. The lowest BCUT2D eigenvalue weighted by molar-refractivity contribution is 0.636. The number of nitrogens with zero attached hydrogens (tertiary/aromatic N) is 3. The lowest BCUT2D eigenvalue weighted by atomic mass is 10.2. The summed E-state index contributed by atoms with van der Waals surface area (Å²) in [4.78, 5) is 13.1. The fourth-order valence-electron chi connectivity index (χ4n) is 1.56. The van der Waals surface area contributed by atoms with Crippen molar-refractivity contribution in [3.63, 3.8) is 0 Å². The van der Waals surface area contributed by atoms with E-state index in [1.165, 1.54) is 17.4 Å². The summed E-state index contributed by atoms with van der Waals surface area (Å²) in [5.74, 6) is -0.0503. The van der Waals surface area contributed by atoms with Crippen molar-refractivity contribution in [3.8, 4) is 10.7 Å². The zero-order valence-electron chi connectivity index (χ0n) is 8.69. The van der Waals surface area contributed by atoms with E-state index >= 15 is 0 Å². The molecule has 3 nitrogen and oxygen atoms in total. The normalized spacial score (nSPS) is 11.1. The van der Waals surface area contributed by atoms with Crippen molar-refractivity contribution in [2.75, 3.05) is 0 Å². The van der Waals surface area contributed by atoms with E-state index in [9.17, 15) is 4.39 Å². The largest absolute Gasteiger partial charge is 0.252 e. The zero-order valence-corrected chi connectivity index (χ0v) is 11.9. The molecule has 0 aliphatic heterocycles. The molecular formula is C11H4BrClFN3S. The van der Waals surface area contributed by atoms with Gasteiger partial charge in [0.2, 0.25) is 0 Å². The van der Waals surface area contributed by atoms with E-state index in [0.29, 0.717) is 15.7 Å². The minimum atomic E-state index is -0.436. The van der Waals surface area contributed by atoms with Crippen LogP contribution in [0.2, 0.25) is 5.15 Å². The Morgan fingerprint density at radius 1 is 1.28 bits per heavy atom. The highest BCUT2D eigenvalue weighted by Crippen LogP contribution is 2.30. The highest BCUT2D eigenvalue weighted by molar-refractivity contribution is 9.10. The average molecular weight is 345 g/mol. The highest BCUT2D eigenvalue weighted by Gasteiger charge is 2.13. The molecular weight excluding hydrogens is 341 g/mol. The summed E-state index contributed by atoms with van der Waals surface area (Å²) in [5.41, 5.74) is 1.87. The lowest BCUT2D eigenvalue weighted by Crippen LogP contribution is -1.93. The lowest BCUT2D eigenvalue weighted by Gasteiger charge is -2.04. The van der Waals surface area contributed by atoms with E-state index < -0.39 is 5.82 Å². The number of hydrogen-bond acceptors (Lipinski definition) is 4. The number of hydrogen-bond donors (Lipinski definition) is 0. The van der Waals surface area contributed by atoms with Gasteiger partial charge in [-0.1, -0.05) is 27.5 Å². The van der Waals surface area contributed by atoms with Gasteiger partial charge in [0.1, 0.15) is 10.7 Å². The number of aromatic nitrogens is 3. The monoisotopic (exact) mass is 343 g/mol. The molecule has 0 spiro atoms. The molecule has 0 aliphatic rings. The van der Waals surface area contributed by atoms with Crippen LogP contribution >= 0.6 is 38.9 Å². The molecule has 0 amide bonds. The molecule has 7 heteroatoms. The van der Waals surface area contributed by atoms with E-state index in [4.69, 9.17) is 11.6 Å². The molecule has 0 N–H and O–H groups in total. The van der Waals surface area contributed by atoms with Crippen molar-refractivity contribution in [2.24, 2.45) is 0 Å². The molecule has 0 unspecified atom stereocenters. The maximum atomic E-state index is 13.9. The van der Waals surface area contributed by atoms with Crippen molar-refractivity contribution < 1.29 is 4.39 Å². The van der Waals surface area contributed by atoms with Crippen LogP contribution in [-0.2, 0) is 0 Å². The minimum Gasteiger partial charge on any atom is -0.252 e. The van der Waals surface area contributed by atoms with Crippen LogP contribution in [0, 0.1) is 5.82 Å². The van der Waals surface area contributed by atoms with Crippen LogP contribution in [0.3, 0.4) is 0 Å². The van der Waals surface area contributed by atoms with Crippen molar-refractivity contribution in [1.29, 1.82) is 0 Å². The average Bonchev–Trinajstić information content (AvgIpc) is 2.83. The first kappa shape index (κ1) is 12.0. The third-order valence-corrected chi connectivity index (χ3v) is 3.84. The van der Waals surface area contributed by atoms with Crippen LogP contribution in [0.4, 0.5) is 4.39 Å². The number of fused-ring (bicyclic) bond motifs is 1. The Kier molecular flexibility index (Phi) is 3.01. The minimum absolute atomic E-state index is 0.210. The number of rotatable bonds is 1. The van der Waals surface area contributed by atoms with E-state index in [0.717, 1.165) is 4.88 Å². The van der Waals surface area contributed by atoms with Gasteiger partial charge in [0.25, 0.3) is 0 Å². The topological polar surface area (TPSA) is 38.7 Å². The predicted molar refractivity (Wildman–Crippen MR) is 73.3 cm³/mol. The van der Waals surface area contributed by atoms with Crippen LogP contribution < -0.4 is 0 Å². The van der Waals surface area contributed by atoms with Crippen LogP contribution in [0.15, 0.2) is 28.3 Å². The number of thiazole rings is 1. The molecule has 0 fully saturated rings. The van der Waals surface area contributed by atoms with Gasteiger partial charge in [0.15, 0.2) is 11.6 Å². The molecule has 3 rings (SSSR count). The van der Waals surface area contributed by atoms with Gasteiger partial charge in [-0.15, -0.1) is 11.3 Å². The van der Waals surface area contributed by atoms with Gasteiger partial charge in [0, 0.05) is 16.1 Å². The summed E-state index contributed by atoms with van der Waals surface area (Å²) in [6.45, 7) is 0. The van der Waals surface area contributed by atoms with Crippen LogP contribution in [-0.4, -0.2) is 15.0 Å². The molecule has 0 bridgehead atoms. The van der Waals surface area contributed by atoms with Crippen molar-refractivity contribution >= 4 is 49.8 Å². The zero-order chi connectivity index (χ0) is 12.7. The smallest absolute Gasteiger partial charge is 0.173 e.